The Morgan fingerprint density at radius 3 is 2.60 bits per heavy atom. The van der Waals surface area contributed by atoms with Crippen LogP contribution in [0.25, 0.3) is 0 Å². The first-order chi connectivity index (χ1) is 12.1. The van der Waals surface area contributed by atoms with Gasteiger partial charge in [-0.05, 0) is 57.9 Å². The number of nitrogens with one attached hydrogen (secondary N) is 1. The lowest BCUT2D eigenvalue weighted by Crippen LogP contribution is -2.34. The molecule has 7 heteroatoms. The first-order valence-electron chi connectivity index (χ1n) is 7.79. The van der Waals surface area contributed by atoms with Crippen LogP contribution in [0.3, 0.4) is 0 Å². The standard InChI is InChI=1S/C18H19BrN2O3S/c1-23-14-6-4-13(5-7-14)20-18(22)21-9-10-25-17(21)12-3-8-16(24-2)15(19)11-12/h3-8,11,17H,9-10H2,1-2H3,(H,20,22)/t17-/m1/s1. The number of ether oxygens (including phenoxy) is 2. The average Bonchev–Trinajstić information content (AvgIpc) is 3.12. The molecule has 132 valence electrons. The number of halogens is 1. The van der Waals surface area contributed by atoms with E-state index in [1.807, 2.05) is 47.4 Å². The van der Waals surface area contributed by atoms with Crippen LogP contribution < -0.4 is 14.8 Å². The van der Waals surface area contributed by atoms with Crippen LogP contribution >= 0.6 is 27.7 Å². The molecule has 1 fully saturated rings. The van der Waals surface area contributed by atoms with E-state index < -0.39 is 0 Å². The predicted molar refractivity (Wildman–Crippen MR) is 105 cm³/mol. The van der Waals surface area contributed by atoms with Crippen LogP contribution in [-0.2, 0) is 0 Å². The minimum Gasteiger partial charge on any atom is -0.497 e. The number of hydrogen-bond donors (Lipinski definition) is 1. The topological polar surface area (TPSA) is 50.8 Å². The second kappa shape index (κ2) is 8.01. The summed E-state index contributed by atoms with van der Waals surface area (Å²) in [6.45, 7) is 0.709. The third-order valence-corrected chi connectivity index (χ3v) is 5.83. The molecule has 1 aliphatic heterocycles. The van der Waals surface area contributed by atoms with Crippen molar-refractivity contribution in [1.29, 1.82) is 0 Å². The maximum absolute atomic E-state index is 12.7. The molecule has 1 atom stereocenters. The highest BCUT2D eigenvalue weighted by molar-refractivity contribution is 9.10. The molecule has 5 nitrogen and oxygen atoms in total. The summed E-state index contributed by atoms with van der Waals surface area (Å²) in [5.74, 6) is 2.45. The molecule has 2 aromatic carbocycles. The van der Waals surface area contributed by atoms with Gasteiger partial charge in [0.15, 0.2) is 0 Å². The number of benzene rings is 2. The summed E-state index contributed by atoms with van der Waals surface area (Å²) in [5, 5.41) is 2.94. The van der Waals surface area contributed by atoms with Crippen LogP contribution in [0.5, 0.6) is 11.5 Å². The summed E-state index contributed by atoms with van der Waals surface area (Å²) in [6.07, 6.45) is 0. The molecular weight excluding hydrogens is 404 g/mol. The number of methoxy groups -OCH3 is 2. The molecule has 2 amide bonds. The SMILES string of the molecule is COc1ccc(NC(=O)N2CCS[C@@H]2c2ccc(OC)c(Br)c2)cc1. The highest BCUT2D eigenvalue weighted by atomic mass is 79.9. The van der Waals surface area contributed by atoms with Crippen LogP contribution in [0.4, 0.5) is 10.5 Å². The van der Waals surface area contributed by atoms with Crippen molar-refractivity contribution in [3.63, 3.8) is 0 Å². The van der Waals surface area contributed by atoms with E-state index in [0.29, 0.717) is 6.54 Å². The molecular formula is C18H19BrN2O3S. The normalized spacial score (nSPS) is 16.6. The van der Waals surface area contributed by atoms with Crippen molar-refractivity contribution >= 4 is 39.4 Å². The van der Waals surface area contributed by atoms with Crippen molar-refractivity contribution in [3.05, 3.63) is 52.5 Å². The Morgan fingerprint density at radius 1 is 1.20 bits per heavy atom. The number of rotatable bonds is 4. The van der Waals surface area contributed by atoms with Gasteiger partial charge in [0.25, 0.3) is 0 Å². The molecule has 25 heavy (non-hydrogen) atoms. The predicted octanol–water partition coefficient (Wildman–Crippen LogP) is 4.75. The lowest BCUT2D eigenvalue weighted by molar-refractivity contribution is 0.214. The fourth-order valence-electron chi connectivity index (χ4n) is 2.66. The van der Waals surface area contributed by atoms with Gasteiger partial charge < -0.3 is 19.7 Å². The number of urea groups is 1. The first-order valence-corrected chi connectivity index (χ1v) is 9.63. The summed E-state index contributed by atoms with van der Waals surface area (Å²) in [4.78, 5) is 14.5. The molecule has 0 bridgehead atoms. The fraction of sp³-hybridized carbons (Fsp3) is 0.278. The first kappa shape index (κ1) is 17.9. The quantitative estimate of drug-likeness (QED) is 0.772. The number of nitrogens with zero attached hydrogens (tertiary/aromatic N) is 1. The zero-order valence-corrected chi connectivity index (χ0v) is 16.4. The van der Waals surface area contributed by atoms with Gasteiger partial charge in [-0.3, -0.25) is 0 Å². The molecule has 1 aliphatic rings. The van der Waals surface area contributed by atoms with E-state index in [1.165, 1.54) is 0 Å². The van der Waals surface area contributed by atoms with E-state index in [-0.39, 0.29) is 11.4 Å². The summed E-state index contributed by atoms with van der Waals surface area (Å²) >= 11 is 5.27. The van der Waals surface area contributed by atoms with E-state index >= 15 is 0 Å². The van der Waals surface area contributed by atoms with Gasteiger partial charge in [0, 0.05) is 18.0 Å². The molecule has 0 saturated carbocycles. The number of hydrogen-bond acceptors (Lipinski definition) is 4. The second-order valence-electron chi connectivity index (χ2n) is 5.47. The van der Waals surface area contributed by atoms with Crippen LogP contribution in [0.2, 0.25) is 0 Å². The van der Waals surface area contributed by atoms with Crippen LogP contribution in [0.15, 0.2) is 46.9 Å². The Bertz CT molecular complexity index is 754. The molecule has 2 aromatic rings. The van der Waals surface area contributed by atoms with E-state index in [4.69, 9.17) is 9.47 Å². The van der Waals surface area contributed by atoms with Crippen LogP contribution in [0.1, 0.15) is 10.9 Å². The zero-order valence-electron chi connectivity index (χ0n) is 14.0. The summed E-state index contributed by atoms with van der Waals surface area (Å²) in [6, 6.07) is 13.1. The van der Waals surface area contributed by atoms with Gasteiger partial charge in [-0.1, -0.05) is 6.07 Å². The minimum atomic E-state index is -0.105. The fourth-order valence-corrected chi connectivity index (χ4v) is 4.46. The molecule has 0 unspecified atom stereocenters. The second-order valence-corrected chi connectivity index (χ2v) is 7.51. The van der Waals surface area contributed by atoms with Crippen molar-refractivity contribution in [1.82, 2.24) is 4.90 Å². The zero-order chi connectivity index (χ0) is 17.8. The molecule has 1 N–H and O–H groups in total. The lowest BCUT2D eigenvalue weighted by atomic mass is 10.2. The van der Waals surface area contributed by atoms with Crippen LogP contribution in [-0.4, -0.2) is 37.4 Å². The molecule has 0 radical (unpaired) electrons. The van der Waals surface area contributed by atoms with E-state index in [9.17, 15) is 4.79 Å². The Morgan fingerprint density at radius 2 is 1.96 bits per heavy atom. The molecule has 1 heterocycles. The van der Waals surface area contributed by atoms with E-state index in [0.717, 1.165) is 33.0 Å². The molecule has 0 spiro atoms. The van der Waals surface area contributed by atoms with Crippen molar-refractivity contribution in [2.75, 3.05) is 31.8 Å². The number of thioether (sulfide) groups is 1. The molecule has 0 aliphatic carbocycles. The molecule has 0 aromatic heterocycles. The molecule has 3 rings (SSSR count). The summed E-state index contributed by atoms with van der Waals surface area (Å²) in [5.41, 5.74) is 1.82. The average molecular weight is 423 g/mol. The van der Waals surface area contributed by atoms with Gasteiger partial charge in [0.2, 0.25) is 0 Å². The summed E-state index contributed by atoms with van der Waals surface area (Å²) < 4.78 is 11.3. The van der Waals surface area contributed by atoms with Gasteiger partial charge >= 0.3 is 6.03 Å². The number of amides is 2. The van der Waals surface area contributed by atoms with Crippen LogP contribution in [0, 0.1) is 0 Å². The maximum atomic E-state index is 12.7. The number of carbonyl (C=O) groups is 1. The van der Waals surface area contributed by atoms with Crippen molar-refractivity contribution in [2.24, 2.45) is 0 Å². The molecule has 1 saturated heterocycles. The third-order valence-electron chi connectivity index (χ3n) is 3.95. The number of carbonyl (C=O) groups excluding carboxylic acids is 1. The highest BCUT2D eigenvalue weighted by Crippen LogP contribution is 2.40. The smallest absolute Gasteiger partial charge is 0.323 e. The highest BCUT2D eigenvalue weighted by Gasteiger charge is 2.31. The maximum Gasteiger partial charge on any atom is 0.323 e. The largest absolute Gasteiger partial charge is 0.497 e. The monoisotopic (exact) mass is 422 g/mol. The summed E-state index contributed by atoms with van der Waals surface area (Å²) in [7, 11) is 3.26. The van der Waals surface area contributed by atoms with Gasteiger partial charge in [-0.2, -0.15) is 0 Å². The Hall–Kier alpha value is -1.86. The number of anilines is 1. The Kier molecular flexibility index (Phi) is 5.75. The van der Waals surface area contributed by atoms with Gasteiger partial charge in [-0.25, -0.2) is 4.79 Å². The van der Waals surface area contributed by atoms with Crippen molar-refractivity contribution in [2.45, 2.75) is 5.37 Å². The van der Waals surface area contributed by atoms with Gasteiger partial charge in [0.05, 0.1) is 18.7 Å². The van der Waals surface area contributed by atoms with Gasteiger partial charge in [-0.15, -0.1) is 11.8 Å². The van der Waals surface area contributed by atoms with Crippen molar-refractivity contribution < 1.29 is 14.3 Å². The van der Waals surface area contributed by atoms with E-state index in [1.54, 1.807) is 26.0 Å². The Labute approximate surface area is 159 Å². The minimum absolute atomic E-state index is 0.0135. The van der Waals surface area contributed by atoms with Gasteiger partial charge in [0.1, 0.15) is 16.9 Å². The van der Waals surface area contributed by atoms with Crippen molar-refractivity contribution in [3.8, 4) is 11.5 Å². The Balaban J connectivity index is 1.73. The third kappa shape index (κ3) is 4.04. The lowest BCUT2D eigenvalue weighted by Gasteiger charge is -2.25. The van der Waals surface area contributed by atoms with E-state index in [2.05, 4.69) is 21.2 Å².